The molecule has 0 aromatic carbocycles. The van der Waals surface area contributed by atoms with Crippen molar-refractivity contribution in [1.82, 2.24) is 0 Å². The third kappa shape index (κ3) is 2.79. The second kappa shape index (κ2) is 5.41. The summed E-state index contributed by atoms with van der Waals surface area (Å²) in [5.41, 5.74) is 0.619. The third-order valence-electron chi connectivity index (χ3n) is 5.05. The van der Waals surface area contributed by atoms with Gasteiger partial charge in [-0.25, -0.2) is 0 Å². The Balaban J connectivity index is 2.69. The van der Waals surface area contributed by atoms with E-state index in [9.17, 15) is 0 Å². The smallest absolute Gasteiger partial charge is 0.0654 e. The highest BCUT2D eigenvalue weighted by molar-refractivity contribution is 6.16. The minimum absolute atomic E-state index is 0.619. The van der Waals surface area contributed by atoms with Crippen molar-refractivity contribution in [3.63, 3.8) is 0 Å². The minimum atomic E-state index is 0.619. The molecule has 0 aromatic heterocycles. The first-order chi connectivity index (χ1) is 7.08. The Hall–Kier alpha value is 0.0649. The van der Waals surface area contributed by atoms with Gasteiger partial charge >= 0.3 is 0 Å². The molecule has 1 aliphatic rings. The molecular weight excluding hydrogens is 179 g/mol. The summed E-state index contributed by atoms with van der Waals surface area (Å²) in [5.74, 6) is 0. The van der Waals surface area contributed by atoms with Gasteiger partial charge in [0, 0.05) is 0 Å². The van der Waals surface area contributed by atoms with E-state index in [1.807, 2.05) is 0 Å². The Labute approximate surface area is 97.6 Å². The van der Waals surface area contributed by atoms with E-state index in [2.05, 4.69) is 28.6 Å². The van der Waals surface area contributed by atoms with Crippen LogP contribution in [0.1, 0.15) is 78.6 Å². The van der Waals surface area contributed by atoms with Crippen molar-refractivity contribution < 1.29 is 0 Å². The number of hydrogen-bond donors (Lipinski definition) is 0. The zero-order valence-corrected chi connectivity index (χ0v) is 11.4. The van der Waals surface area contributed by atoms with Crippen LogP contribution in [0.5, 0.6) is 0 Å². The zero-order chi connectivity index (χ0) is 11.4. The van der Waals surface area contributed by atoms with Crippen LogP contribution in [0.25, 0.3) is 0 Å². The van der Waals surface area contributed by atoms with Crippen LogP contribution in [0.4, 0.5) is 0 Å². The maximum atomic E-state index is 2.57. The van der Waals surface area contributed by atoms with Gasteiger partial charge in [-0.1, -0.05) is 71.0 Å². The normalized spacial score (nSPS) is 23.9. The van der Waals surface area contributed by atoms with E-state index in [4.69, 9.17) is 0 Å². The molecular formula is C14H29B. The summed E-state index contributed by atoms with van der Waals surface area (Å²) in [6.07, 6.45) is 12.9. The maximum Gasteiger partial charge on any atom is 0.110 e. The van der Waals surface area contributed by atoms with Gasteiger partial charge in [0.15, 0.2) is 0 Å². The molecule has 1 aliphatic carbocycles. The average molecular weight is 208 g/mol. The van der Waals surface area contributed by atoms with Gasteiger partial charge in [0.2, 0.25) is 0 Å². The molecule has 0 aromatic rings. The highest BCUT2D eigenvalue weighted by atomic mass is 14.5. The first-order valence-electron chi connectivity index (χ1n) is 7.08. The number of hydrogen-bond acceptors (Lipinski definition) is 0. The Kier molecular flexibility index (Phi) is 4.74. The average Bonchev–Trinajstić information content (AvgIpc) is 2.64. The summed E-state index contributed by atoms with van der Waals surface area (Å²) in [5, 5.41) is 0.651. The van der Waals surface area contributed by atoms with Crippen molar-refractivity contribution in [2.24, 2.45) is 5.41 Å². The van der Waals surface area contributed by atoms with Gasteiger partial charge in [-0.15, -0.1) is 0 Å². The van der Waals surface area contributed by atoms with E-state index < -0.39 is 0 Å². The van der Waals surface area contributed by atoms with Crippen LogP contribution in [-0.2, 0) is 0 Å². The van der Waals surface area contributed by atoms with Gasteiger partial charge in [0.1, 0.15) is 7.85 Å². The van der Waals surface area contributed by atoms with Gasteiger partial charge in [0.05, 0.1) is 0 Å². The van der Waals surface area contributed by atoms with Crippen LogP contribution in [0, 0.1) is 5.41 Å². The van der Waals surface area contributed by atoms with E-state index in [1.165, 1.54) is 57.8 Å². The molecule has 0 amide bonds. The molecule has 0 nitrogen and oxygen atoms in total. The first-order valence-corrected chi connectivity index (χ1v) is 7.08. The highest BCUT2D eigenvalue weighted by Crippen LogP contribution is 2.59. The molecule has 0 bridgehead atoms. The van der Waals surface area contributed by atoms with Crippen LogP contribution in [0.2, 0.25) is 5.31 Å². The molecule has 1 rings (SSSR count). The lowest BCUT2D eigenvalue weighted by Crippen LogP contribution is -2.32. The van der Waals surface area contributed by atoms with E-state index >= 15 is 0 Å². The standard InChI is InChI=1S/C14H29B/c1-4-6-10-13(3,9-5-2)14(15)11-7-8-12-14/h4-12,15H2,1-3H3. The fraction of sp³-hybridized carbons (Fsp3) is 1.00. The van der Waals surface area contributed by atoms with Crippen LogP contribution < -0.4 is 0 Å². The lowest BCUT2D eigenvalue weighted by atomic mass is 9.49. The third-order valence-corrected chi connectivity index (χ3v) is 5.05. The van der Waals surface area contributed by atoms with Crippen molar-refractivity contribution in [2.75, 3.05) is 0 Å². The van der Waals surface area contributed by atoms with Gasteiger partial charge < -0.3 is 0 Å². The van der Waals surface area contributed by atoms with E-state index in [0.717, 1.165) is 0 Å². The molecule has 1 unspecified atom stereocenters. The molecule has 1 saturated carbocycles. The minimum Gasteiger partial charge on any atom is -0.0654 e. The number of rotatable bonds is 6. The van der Waals surface area contributed by atoms with E-state index in [0.29, 0.717) is 10.7 Å². The molecule has 88 valence electrons. The molecule has 1 atom stereocenters. The SMILES string of the molecule is BC1(C(C)(CCC)CCCC)CCCC1. The van der Waals surface area contributed by atoms with Crippen molar-refractivity contribution in [2.45, 2.75) is 83.9 Å². The molecule has 0 aliphatic heterocycles. The monoisotopic (exact) mass is 208 g/mol. The quantitative estimate of drug-likeness (QED) is 0.569. The Morgan fingerprint density at radius 2 is 1.67 bits per heavy atom. The van der Waals surface area contributed by atoms with Crippen LogP contribution >= 0.6 is 0 Å². The van der Waals surface area contributed by atoms with Gasteiger partial charge in [0.25, 0.3) is 0 Å². The van der Waals surface area contributed by atoms with Crippen molar-refractivity contribution in [3.05, 3.63) is 0 Å². The van der Waals surface area contributed by atoms with Gasteiger partial charge in [-0.3, -0.25) is 0 Å². The fourth-order valence-electron chi connectivity index (χ4n) is 3.61. The Morgan fingerprint density at radius 1 is 1.07 bits per heavy atom. The molecule has 0 spiro atoms. The summed E-state index contributed by atoms with van der Waals surface area (Å²) in [6.45, 7) is 7.24. The predicted octanol–water partition coefficient (Wildman–Crippen LogP) is 4.35. The van der Waals surface area contributed by atoms with Crippen molar-refractivity contribution in [3.8, 4) is 0 Å². The van der Waals surface area contributed by atoms with Crippen molar-refractivity contribution in [1.29, 1.82) is 0 Å². The molecule has 1 fully saturated rings. The summed E-state index contributed by atoms with van der Waals surface area (Å²) < 4.78 is 0. The Bertz CT molecular complexity index is 182. The van der Waals surface area contributed by atoms with Crippen LogP contribution in [-0.4, -0.2) is 7.85 Å². The topological polar surface area (TPSA) is 0 Å². The van der Waals surface area contributed by atoms with Crippen LogP contribution in [0.3, 0.4) is 0 Å². The number of unbranched alkanes of at least 4 members (excludes halogenated alkanes) is 1. The molecule has 0 saturated heterocycles. The largest absolute Gasteiger partial charge is 0.110 e. The summed E-state index contributed by atoms with van der Waals surface area (Å²) in [6, 6.07) is 0. The lowest BCUT2D eigenvalue weighted by Gasteiger charge is -2.45. The molecule has 1 heteroatoms. The summed E-state index contributed by atoms with van der Waals surface area (Å²) in [4.78, 5) is 0. The summed E-state index contributed by atoms with van der Waals surface area (Å²) in [7, 11) is 2.56. The first kappa shape index (κ1) is 13.1. The van der Waals surface area contributed by atoms with E-state index in [1.54, 1.807) is 0 Å². The maximum absolute atomic E-state index is 2.57. The highest BCUT2D eigenvalue weighted by Gasteiger charge is 2.44. The van der Waals surface area contributed by atoms with E-state index in [-0.39, 0.29) is 0 Å². The summed E-state index contributed by atoms with van der Waals surface area (Å²) >= 11 is 0. The van der Waals surface area contributed by atoms with Crippen LogP contribution in [0.15, 0.2) is 0 Å². The van der Waals surface area contributed by atoms with Gasteiger partial charge in [-0.05, 0) is 18.3 Å². The molecule has 0 radical (unpaired) electrons. The second-order valence-corrected chi connectivity index (χ2v) is 6.18. The van der Waals surface area contributed by atoms with Gasteiger partial charge in [-0.2, -0.15) is 0 Å². The molecule has 15 heavy (non-hydrogen) atoms. The Morgan fingerprint density at radius 3 is 2.13 bits per heavy atom. The predicted molar refractivity (Wildman–Crippen MR) is 72.2 cm³/mol. The second-order valence-electron chi connectivity index (χ2n) is 6.18. The zero-order valence-electron chi connectivity index (χ0n) is 11.4. The lowest BCUT2D eigenvalue weighted by molar-refractivity contribution is 0.166. The fourth-order valence-corrected chi connectivity index (χ4v) is 3.61. The molecule has 0 N–H and O–H groups in total. The van der Waals surface area contributed by atoms with Crippen molar-refractivity contribution >= 4 is 7.85 Å². The molecule has 0 heterocycles.